The van der Waals surface area contributed by atoms with Crippen molar-refractivity contribution in [2.75, 3.05) is 0 Å². The van der Waals surface area contributed by atoms with Crippen molar-refractivity contribution >= 4 is 11.9 Å². The maximum atomic E-state index is 13.3. The number of amides is 1. The van der Waals surface area contributed by atoms with Gasteiger partial charge in [-0.3, -0.25) is 4.79 Å². The normalized spacial score (nSPS) is 16.5. The Kier molecular flexibility index (Phi) is 3.21. The molecule has 0 spiro atoms. The second-order valence-electron chi connectivity index (χ2n) is 4.88. The van der Waals surface area contributed by atoms with E-state index in [2.05, 4.69) is 5.32 Å². The maximum absolute atomic E-state index is 13.3. The molecule has 5 nitrogen and oxygen atoms in total. The number of furan rings is 1. The molecule has 6 heteroatoms. The Labute approximate surface area is 119 Å². The molecule has 2 aromatic rings. The zero-order valence-electron chi connectivity index (χ0n) is 10.9. The van der Waals surface area contributed by atoms with Crippen molar-refractivity contribution < 1.29 is 23.5 Å². The van der Waals surface area contributed by atoms with Gasteiger partial charge in [0.2, 0.25) is 5.76 Å². The number of carbonyl (C=O) groups is 2. The van der Waals surface area contributed by atoms with E-state index in [0.29, 0.717) is 6.42 Å². The van der Waals surface area contributed by atoms with E-state index < -0.39 is 11.9 Å². The van der Waals surface area contributed by atoms with Crippen LogP contribution in [0, 0.1) is 5.82 Å². The Morgan fingerprint density at radius 1 is 1.24 bits per heavy atom. The van der Waals surface area contributed by atoms with Gasteiger partial charge in [0.05, 0.1) is 6.04 Å². The first-order chi connectivity index (χ1) is 10.0. The summed E-state index contributed by atoms with van der Waals surface area (Å²) in [5.74, 6) is -2.46. The minimum atomic E-state index is -1.23. The SMILES string of the molecule is O=C(O)c1ccc(C(=O)NC2CCc3ccc(F)cc32)o1. The first-order valence-electron chi connectivity index (χ1n) is 6.47. The minimum Gasteiger partial charge on any atom is -0.475 e. The molecule has 0 saturated heterocycles. The molecule has 0 radical (unpaired) electrons. The van der Waals surface area contributed by atoms with Gasteiger partial charge in [-0.15, -0.1) is 0 Å². The average molecular weight is 289 g/mol. The maximum Gasteiger partial charge on any atom is 0.371 e. The van der Waals surface area contributed by atoms with Crippen molar-refractivity contribution in [2.24, 2.45) is 0 Å². The molecule has 2 N–H and O–H groups in total. The lowest BCUT2D eigenvalue weighted by Gasteiger charge is -2.13. The minimum absolute atomic E-state index is 0.0720. The van der Waals surface area contributed by atoms with Crippen LogP contribution in [0.4, 0.5) is 4.39 Å². The number of halogens is 1. The third kappa shape index (κ3) is 2.52. The Hall–Kier alpha value is -2.63. The summed E-state index contributed by atoms with van der Waals surface area (Å²) in [6.07, 6.45) is 1.44. The molecule has 1 aliphatic rings. The molecule has 1 aromatic carbocycles. The molecule has 108 valence electrons. The van der Waals surface area contributed by atoms with Crippen molar-refractivity contribution in [3.63, 3.8) is 0 Å². The number of aromatic carboxylic acids is 1. The zero-order valence-corrected chi connectivity index (χ0v) is 10.9. The molecule has 21 heavy (non-hydrogen) atoms. The Balaban J connectivity index is 1.77. The average Bonchev–Trinajstić information content (AvgIpc) is 3.06. The van der Waals surface area contributed by atoms with Crippen molar-refractivity contribution in [1.82, 2.24) is 5.32 Å². The van der Waals surface area contributed by atoms with Gasteiger partial charge in [0.1, 0.15) is 5.82 Å². The zero-order chi connectivity index (χ0) is 15.0. The summed E-state index contributed by atoms with van der Waals surface area (Å²) in [7, 11) is 0. The van der Waals surface area contributed by atoms with Crippen LogP contribution in [0.25, 0.3) is 0 Å². The van der Waals surface area contributed by atoms with Crippen LogP contribution in [0.5, 0.6) is 0 Å². The molecule has 1 atom stereocenters. The monoisotopic (exact) mass is 289 g/mol. The van der Waals surface area contributed by atoms with Gasteiger partial charge in [0.25, 0.3) is 5.91 Å². The number of rotatable bonds is 3. The quantitative estimate of drug-likeness (QED) is 0.910. The van der Waals surface area contributed by atoms with Gasteiger partial charge in [-0.2, -0.15) is 0 Å². The molecule has 0 bridgehead atoms. The van der Waals surface area contributed by atoms with Crippen LogP contribution in [0.1, 0.15) is 44.7 Å². The molecule has 1 unspecified atom stereocenters. The number of carbonyl (C=O) groups excluding carboxylic acids is 1. The second kappa shape index (κ2) is 5.05. The number of hydrogen-bond acceptors (Lipinski definition) is 3. The van der Waals surface area contributed by atoms with E-state index >= 15 is 0 Å². The van der Waals surface area contributed by atoms with Gasteiger partial charge in [-0.25, -0.2) is 9.18 Å². The summed E-state index contributed by atoms with van der Waals surface area (Å²) in [6.45, 7) is 0. The Morgan fingerprint density at radius 3 is 2.71 bits per heavy atom. The van der Waals surface area contributed by atoms with Gasteiger partial charge in [0.15, 0.2) is 5.76 Å². The van der Waals surface area contributed by atoms with E-state index in [-0.39, 0.29) is 23.4 Å². The van der Waals surface area contributed by atoms with E-state index in [4.69, 9.17) is 9.52 Å². The highest BCUT2D eigenvalue weighted by Crippen LogP contribution is 2.31. The first-order valence-corrected chi connectivity index (χ1v) is 6.47. The lowest BCUT2D eigenvalue weighted by atomic mass is 10.1. The molecule has 0 aliphatic heterocycles. The van der Waals surface area contributed by atoms with Crippen LogP contribution >= 0.6 is 0 Å². The highest BCUT2D eigenvalue weighted by Gasteiger charge is 2.26. The summed E-state index contributed by atoms with van der Waals surface area (Å²) >= 11 is 0. The molecule has 0 saturated carbocycles. The number of hydrogen-bond donors (Lipinski definition) is 2. The predicted octanol–water partition coefficient (Wildman–Crippen LogP) is 2.53. The lowest BCUT2D eigenvalue weighted by Crippen LogP contribution is -2.26. The van der Waals surface area contributed by atoms with Crippen LogP contribution in [0.3, 0.4) is 0 Å². The van der Waals surface area contributed by atoms with Gasteiger partial charge in [0, 0.05) is 0 Å². The number of nitrogens with one attached hydrogen (secondary N) is 1. The third-order valence-corrected chi connectivity index (χ3v) is 3.53. The van der Waals surface area contributed by atoms with E-state index in [1.165, 1.54) is 24.3 Å². The van der Waals surface area contributed by atoms with Crippen LogP contribution < -0.4 is 5.32 Å². The van der Waals surface area contributed by atoms with Crippen molar-refractivity contribution in [2.45, 2.75) is 18.9 Å². The predicted molar refractivity (Wildman–Crippen MR) is 70.6 cm³/mol. The molecular weight excluding hydrogens is 277 g/mol. The van der Waals surface area contributed by atoms with Crippen LogP contribution in [0.15, 0.2) is 34.7 Å². The smallest absolute Gasteiger partial charge is 0.371 e. The summed E-state index contributed by atoms with van der Waals surface area (Å²) in [5, 5.41) is 11.5. The lowest BCUT2D eigenvalue weighted by molar-refractivity contribution is 0.0659. The van der Waals surface area contributed by atoms with E-state index in [1.54, 1.807) is 6.07 Å². The van der Waals surface area contributed by atoms with Crippen LogP contribution in [-0.2, 0) is 6.42 Å². The molecule has 1 aliphatic carbocycles. The van der Waals surface area contributed by atoms with E-state index in [0.717, 1.165) is 17.5 Å². The standard InChI is InChI=1S/C15H12FNO4/c16-9-3-1-8-2-4-11(10(8)7-9)17-14(18)12-5-6-13(21-12)15(19)20/h1,3,5-7,11H,2,4H2,(H,17,18)(H,19,20). The highest BCUT2D eigenvalue weighted by molar-refractivity contribution is 5.93. The molecule has 1 heterocycles. The number of carboxylic acid groups (broad SMARTS) is 1. The Morgan fingerprint density at radius 2 is 2.00 bits per heavy atom. The Bertz CT molecular complexity index is 722. The summed E-state index contributed by atoms with van der Waals surface area (Å²) in [6, 6.07) is 6.76. The number of benzene rings is 1. The fourth-order valence-corrected chi connectivity index (χ4v) is 2.53. The topological polar surface area (TPSA) is 79.5 Å². The third-order valence-electron chi connectivity index (χ3n) is 3.53. The molecular formula is C15H12FNO4. The summed E-state index contributed by atoms with van der Waals surface area (Å²) < 4.78 is 18.2. The van der Waals surface area contributed by atoms with Crippen molar-refractivity contribution in [3.8, 4) is 0 Å². The van der Waals surface area contributed by atoms with Crippen LogP contribution in [0.2, 0.25) is 0 Å². The summed E-state index contributed by atoms with van der Waals surface area (Å²) in [4.78, 5) is 22.8. The molecule has 1 aromatic heterocycles. The summed E-state index contributed by atoms with van der Waals surface area (Å²) in [5.41, 5.74) is 1.76. The number of carboxylic acids is 1. The van der Waals surface area contributed by atoms with Crippen molar-refractivity contribution in [3.05, 3.63) is 58.8 Å². The fourth-order valence-electron chi connectivity index (χ4n) is 2.53. The molecule has 3 rings (SSSR count). The van der Waals surface area contributed by atoms with E-state index in [9.17, 15) is 14.0 Å². The first kappa shape index (κ1) is 13.4. The highest BCUT2D eigenvalue weighted by atomic mass is 19.1. The largest absolute Gasteiger partial charge is 0.475 e. The molecule has 0 fully saturated rings. The van der Waals surface area contributed by atoms with Gasteiger partial charge < -0.3 is 14.8 Å². The molecule has 1 amide bonds. The second-order valence-corrected chi connectivity index (χ2v) is 4.88. The van der Waals surface area contributed by atoms with Crippen LogP contribution in [-0.4, -0.2) is 17.0 Å². The van der Waals surface area contributed by atoms with Gasteiger partial charge >= 0.3 is 5.97 Å². The van der Waals surface area contributed by atoms with Gasteiger partial charge in [-0.05, 0) is 48.2 Å². The van der Waals surface area contributed by atoms with E-state index in [1.807, 2.05) is 0 Å². The number of fused-ring (bicyclic) bond motifs is 1. The van der Waals surface area contributed by atoms with Crippen molar-refractivity contribution in [1.29, 1.82) is 0 Å². The van der Waals surface area contributed by atoms with Gasteiger partial charge in [-0.1, -0.05) is 6.07 Å². The fraction of sp³-hybridized carbons (Fsp3) is 0.200. The number of aryl methyl sites for hydroxylation is 1.